The molecule has 3 rings (SSSR count). The summed E-state index contributed by atoms with van der Waals surface area (Å²) in [6, 6.07) is 3.94. The van der Waals surface area contributed by atoms with E-state index in [1.54, 1.807) is 22.2 Å². The molecule has 124 valence electrons. The second-order valence-electron chi connectivity index (χ2n) is 5.85. The molecule has 0 saturated carbocycles. The minimum atomic E-state index is -0.312. The van der Waals surface area contributed by atoms with Crippen LogP contribution in [0, 0.1) is 0 Å². The Hall–Kier alpha value is -1.70. The fourth-order valence-electron chi connectivity index (χ4n) is 2.95. The molecule has 1 aliphatic heterocycles. The van der Waals surface area contributed by atoms with Gasteiger partial charge in [-0.05, 0) is 18.5 Å². The molecular formula is C16H23N5OS. The lowest BCUT2D eigenvalue weighted by Crippen LogP contribution is -2.50. The minimum Gasteiger partial charge on any atom is -0.338 e. The molecule has 0 aliphatic carbocycles. The number of thiophene rings is 1. The van der Waals surface area contributed by atoms with E-state index in [9.17, 15) is 4.79 Å². The van der Waals surface area contributed by atoms with E-state index in [0.717, 1.165) is 38.3 Å². The maximum Gasteiger partial charge on any atom is 0.244 e. The highest BCUT2D eigenvalue weighted by atomic mass is 32.1. The molecule has 0 radical (unpaired) electrons. The third-order valence-electron chi connectivity index (χ3n) is 4.24. The van der Waals surface area contributed by atoms with Crippen molar-refractivity contribution in [2.24, 2.45) is 7.05 Å². The van der Waals surface area contributed by atoms with Crippen molar-refractivity contribution in [3.05, 3.63) is 40.3 Å². The third-order valence-corrected chi connectivity index (χ3v) is 5.10. The second kappa shape index (κ2) is 7.25. The number of piperazine rings is 1. The Morgan fingerprint density at radius 3 is 2.74 bits per heavy atom. The number of carbonyl (C=O) groups is 1. The van der Waals surface area contributed by atoms with Crippen LogP contribution in [0.3, 0.4) is 0 Å². The van der Waals surface area contributed by atoms with Crippen LogP contribution in [-0.4, -0.2) is 58.7 Å². The van der Waals surface area contributed by atoms with E-state index in [1.807, 2.05) is 25.2 Å². The molecule has 23 heavy (non-hydrogen) atoms. The maximum atomic E-state index is 12.8. The van der Waals surface area contributed by atoms with Gasteiger partial charge in [-0.15, -0.1) is 11.3 Å². The molecule has 2 aromatic rings. The lowest BCUT2D eigenvalue weighted by atomic mass is 10.1. The van der Waals surface area contributed by atoms with Gasteiger partial charge in [0.25, 0.3) is 0 Å². The first-order valence-corrected chi connectivity index (χ1v) is 8.74. The van der Waals surface area contributed by atoms with E-state index in [0.29, 0.717) is 0 Å². The second-order valence-corrected chi connectivity index (χ2v) is 6.88. The van der Waals surface area contributed by atoms with E-state index in [2.05, 4.69) is 32.8 Å². The molecule has 0 bridgehead atoms. The van der Waals surface area contributed by atoms with Crippen LogP contribution in [0.1, 0.15) is 16.5 Å². The van der Waals surface area contributed by atoms with Gasteiger partial charge in [-0.2, -0.15) is 5.10 Å². The average Bonchev–Trinajstić information content (AvgIpc) is 3.21. The fraction of sp³-hybridized carbons (Fsp3) is 0.500. The van der Waals surface area contributed by atoms with Gasteiger partial charge in [0.1, 0.15) is 6.04 Å². The largest absolute Gasteiger partial charge is 0.338 e. The van der Waals surface area contributed by atoms with Gasteiger partial charge in [-0.25, -0.2) is 0 Å². The first-order chi connectivity index (χ1) is 11.2. The number of aryl methyl sites for hydroxylation is 1. The van der Waals surface area contributed by atoms with Crippen molar-refractivity contribution in [1.29, 1.82) is 0 Å². The normalized spacial score (nSPS) is 17.4. The molecule has 1 atom stereocenters. The van der Waals surface area contributed by atoms with Crippen LogP contribution in [-0.2, 0) is 18.4 Å². The Kier molecular flexibility index (Phi) is 5.09. The number of rotatable bonds is 5. The quantitative estimate of drug-likeness (QED) is 0.890. The van der Waals surface area contributed by atoms with Crippen molar-refractivity contribution >= 4 is 17.2 Å². The zero-order valence-corrected chi connectivity index (χ0v) is 14.4. The van der Waals surface area contributed by atoms with E-state index < -0.39 is 0 Å². The number of nitrogens with one attached hydrogen (secondary N) is 1. The highest BCUT2D eigenvalue weighted by Gasteiger charge is 2.28. The Bertz CT molecular complexity index is 631. The number of carbonyl (C=O) groups excluding carboxylic acids is 1. The van der Waals surface area contributed by atoms with Crippen LogP contribution in [0.15, 0.2) is 29.9 Å². The number of hydrogen-bond donors (Lipinski definition) is 1. The van der Waals surface area contributed by atoms with Crippen molar-refractivity contribution in [3.8, 4) is 0 Å². The van der Waals surface area contributed by atoms with Crippen molar-refractivity contribution in [1.82, 2.24) is 24.9 Å². The topological polar surface area (TPSA) is 53.4 Å². The van der Waals surface area contributed by atoms with Gasteiger partial charge in [0.05, 0.1) is 6.20 Å². The molecule has 6 nitrogen and oxygen atoms in total. The van der Waals surface area contributed by atoms with Crippen molar-refractivity contribution in [2.75, 3.05) is 33.2 Å². The number of nitrogens with zero attached hydrogens (tertiary/aromatic N) is 4. The van der Waals surface area contributed by atoms with E-state index in [-0.39, 0.29) is 11.9 Å². The standard InChI is InChI=1S/C16H23N5OS/c1-17-15(13-10-18-19(2)11-13)16(22)21-7-5-20(6-8-21)12-14-4-3-9-23-14/h3-4,9-11,15,17H,5-8,12H2,1-2H3. The van der Waals surface area contributed by atoms with Crippen molar-refractivity contribution in [2.45, 2.75) is 12.6 Å². The van der Waals surface area contributed by atoms with Crippen molar-refractivity contribution in [3.63, 3.8) is 0 Å². The number of aromatic nitrogens is 2. The monoisotopic (exact) mass is 333 g/mol. The lowest BCUT2D eigenvalue weighted by molar-refractivity contribution is -0.135. The molecule has 7 heteroatoms. The summed E-state index contributed by atoms with van der Waals surface area (Å²) in [6.07, 6.45) is 3.65. The third kappa shape index (κ3) is 3.80. The van der Waals surface area contributed by atoms with Crippen LogP contribution in [0.4, 0.5) is 0 Å². The van der Waals surface area contributed by atoms with Gasteiger partial charge in [-0.3, -0.25) is 14.4 Å². The zero-order chi connectivity index (χ0) is 16.2. The molecule has 1 amide bonds. The molecule has 1 fully saturated rings. The van der Waals surface area contributed by atoms with Gasteiger partial charge in [0, 0.05) is 56.4 Å². The van der Waals surface area contributed by atoms with E-state index >= 15 is 0 Å². The van der Waals surface area contributed by atoms with E-state index in [4.69, 9.17) is 0 Å². The summed E-state index contributed by atoms with van der Waals surface area (Å²) in [6.45, 7) is 4.39. The zero-order valence-electron chi connectivity index (χ0n) is 13.6. The van der Waals surface area contributed by atoms with Gasteiger partial charge >= 0.3 is 0 Å². The van der Waals surface area contributed by atoms with Crippen LogP contribution in [0.5, 0.6) is 0 Å². The number of amides is 1. The average molecular weight is 333 g/mol. The smallest absolute Gasteiger partial charge is 0.244 e. The highest BCUT2D eigenvalue weighted by molar-refractivity contribution is 7.09. The number of hydrogen-bond acceptors (Lipinski definition) is 5. The first kappa shape index (κ1) is 16.2. The van der Waals surface area contributed by atoms with Crippen LogP contribution in [0.2, 0.25) is 0 Å². The summed E-state index contributed by atoms with van der Waals surface area (Å²) < 4.78 is 1.73. The van der Waals surface area contributed by atoms with Crippen molar-refractivity contribution < 1.29 is 4.79 Å². The first-order valence-electron chi connectivity index (χ1n) is 7.86. The molecule has 2 aromatic heterocycles. The minimum absolute atomic E-state index is 0.135. The molecule has 1 aliphatic rings. The molecule has 1 unspecified atom stereocenters. The Balaban J connectivity index is 1.56. The maximum absolute atomic E-state index is 12.8. The van der Waals surface area contributed by atoms with Gasteiger partial charge in [0.2, 0.25) is 5.91 Å². The Labute approximate surface area is 140 Å². The summed E-state index contributed by atoms with van der Waals surface area (Å²) in [4.78, 5) is 18.5. The predicted molar refractivity (Wildman–Crippen MR) is 91.2 cm³/mol. The molecule has 0 spiro atoms. The fourth-order valence-corrected chi connectivity index (χ4v) is 3.70. The molecule has 0 aromatic carbocycles. The van der Waals surface area contributed by atoms with Gasteiger partial charge in [0.15, 0.2) is 0 Å². The van der Waals surface area contributed by atoms with Gasteiger partial charge in [-0.1, -0.05) is 6.07 Å². The predicted octanol–water partition coefficient (Wildman–Crippen LogP) is 1.09. The van der Waals surface area contributed by atoms with Crippen LogP contribution in [0.25, 0.3) is 0 Å². The molecule has 1 N–H and O–H groups in total. The highest BCUT2D eigenvalue weighted by Crippen LogP contribution is 2.18. The summed E-state index contributed by atoms with van der Waals surface area (Å²) >= 11 is 1.79. The molecular weight excluding hydrogens is 310 g/mol. The SMILES string of the molecule is CNC(C(=O)N1CCN(Cc2cccs2)CC1)c1cnn(C)c1. The molecule has 3 heterocycles. The summed E-state index contributed by atoms with van der Waals surface area (Å²) in [5, 5.41) is 9.40. The van der Waals surface area contributed by atoms with Gasteiger partial charge < -0.3 is 10.2 Å². The number of likely N-dealkylation sites (N-methyl/N-ethyl adjacent to an activating group) is 1. The summed E-state index contributed by atoms with van der Waals surface area (Å²) in [5.41, 5.74) is 0.918. The summed E-state index contributed by atoms with van der Waals surface area (Å²) in [5.74, 6) is 0.135. The van der Waals surface area contributed by atoms with Crippen LogP contribution < -0.4 is 5.32 Å². The Morgan fingerprint density at radius 1 is 1.39 bits per heavy atom. The Morgan fingerprint density at radius 2 is 2.17 bits per heavy atom. The molecule has 1 saturated heterocycles. The summed E-state index contributed by atoms with van der Waals surface area (Å²) in [7, 11) is 3.69. The lowest BCUT2D eigenvalue weighted by Gasteiger charge is -2.36. The van der Waals surface area contributed by atoms with Crippen LogP contribution >= 0.6 is 11.3 Å². The van der Waals surface area contributed by atoms with E-state index in [1.165, 1.54) is 4.88 Å².